The zero-order valence-electron chi connectivity index (χ0n) is 11.0. The van der Waals surface area contributed by atoms with Crippen LogP contribution in [0.2, 0.25) is 0 Å². The van der Waals surface area contributed by atoms with Gasteiger partial charge in [-0.05, 0) is 13.0 Å². The van der Waals surface area contributed by atoms with Crippen LogP contribution in [0, 0.1) is 10.1 Å². The van der Waals surface area contributed by atoms with E-state index in [4.69, 9.17) is 11.6 Å². The van der Waals surface area contributed by atoms with Gasteiger partial charge in [0, 0.05) is 17.2 Å². The summed E-state index contributed by atoms with van der Waals surface area (Å²) >= 11 is 5.56. The van der Waals surface area contributed by atoms with Crippen molar-refractivity contribution in [3.8, 4) is 5.75 Å². The van der Waals surface area contributed by atoms with E-state index in [1.54, 1.807) is 6.92 Å². The molecule has 0 radical (unpaired) electrons. The lowest BCUT2D eigenvalue weighted by atomic mass is 10.1. The minimum Gasteiger partial charge on any atom is -0.466 e. The number of hydrogen-bond donors (Lipinski definition) is 0. The summed E-state index contributed by atoms with van der Waals surface area (Å²) in [7, 11) is 0. The van der Waals surface area contributed by atoms with Crippen molar-refractivity contribution in [2.24, 2.45) is 0 Å². The van der Waals surface area contributed by atoms with Crippen molar-refractivity contribution in [2.45, 2.75) is 25.8 Å². The van der Waals surface area contributed by atoms with E-state index >= 15 is 0 Å². The smallest absolute Gasteiger partial charge is 0.387 e. The number of ether oxygens (including phenoxy) is 2. The lowest BCUT2D eigenvalue weighted by Crippen LogP contribution is -2.11. The molecule has 1 rings (SSSR count). The molecule has 0 unspecified atom stereocenters. The second-order valence-electron chi connectivity index (χ2n) is 3.84. The van der Waals surface area contributed by atoms with Crippen molar-refractivity contribution in [1.29, 1.82) is 0 Å². The highest BCUT2D eigenvalue weighted by atomic mass is 35.5. The minimum absolute atomic E-state index is 0.0382. The highest BCUT2D eigenvalue weighted by Gasteiger charge is 2.22. The Hall–Kier alpha value is -1.96. The molecule has 0 amide bonds. The van der Waals surface area contributed by atoms with E-state index in [-0.39, 0.29) is 29.4 Å². The number of halogens is 3. The average Bonchev–Trinajstić information content (AvgIpc) is 2.38. The number of alkyl halides is 3. The summed E-state index contributed by atoms with van der Waals surface area (Å²) in [5.41, 5.74) is -0.445. The van der Waals surface area contributed by atoms with Crippen molar-refractivity contribution in [1.82, 2.24) is 0 Å². The summed E-state index contributed by atoms with van der Waals surface area (Å²) in [6.45, 7) is -1.43. The number of hydrogen-bond acceptors (Lipinski definition) is 5. The maximum absolute atomic E-state index is 12.3. The van der Waals surface area contributed by atoms with E-state index in [1.165, 1.54) is 0 Å². The van der Waals surface area contributed by atoms with Crippen LogP contribution in [0.25, 0.3) is 0 Å². The van der Waals surface area contributed by atoms with Crippen LogP contribution < -0.4 is 4.74 Å². The van der Waals surface area contributed by atoms with Gasteiger partial charge in [0.05, 0.1) is 23.8 Å². The fourth-order valence-electron chi connectivity index (χ4n) is 1.64. The van der Waals surface area contributed by atoms with Crippen LogP contribution in [-0.4, -0.2) is 24.1 Å². The number of carbonyl (C=O) groups excluding carboxylic acids is 1. The van der Waals surface area contributed by atoms with Gasteiger partial charge in [-0.1, -0.05) is 0 Å². The van der Waals surface area contributed by atoms with Gasteiger partial charge in [0.2, 0.25) is 0 Å². The van der Waals surface area contributed by atoms with E-state index in [2.05, 4.69) is 9.47 Å². The monoisotopic (exact) mass is 323 g/mol. The van der Waals surface area contributed by atoms with Crippen LogP contribution in [-0.2, 0) is 21.8 Å². The summed E-state index contributed by atoms with van der Waals surface area (Å²) in [6.07, 6.45) is -0.424. The third kappa shape index (κ3) is 4.82. The van der Waals surface area contributed by atoms with Gasteiger partial charge in [-0.15, -0.1) is 11.6 Å². The van der Waals surface area contributed by atoms with Gasteiger partial charge in [-0.3, -0.25) is 14.9 Å². The van der Waals surface area contributed by atoms with Crippen LogP contribution in [0.15, 0.2) is 12.1 Å². The molecule has 21 heavy (non-hydrogen) atoms. The molecular formula is C12H12ClF2NO5. The summed E-state index contributed by atoms with van der Waals surface area (Å²) in [5.74, 6) is -1.25. The first kappa shape index (κ1) is 17.1. The Kier molecular flexibility index (Phi) is 6.29. The Morgan fingerprint density at radius 2 is 2.10 bits per heavy atom. The summed E-state index contributed by atoms with van der Waals surface area (Å²) < 4.78 is 33.6. The number of rotatable bonds is 7. The fraction of sp³-hybridized carbons (Fsp3) is 0.417. The van der Waals surface area contributed by atoms with E-state index in [0.29, 0.717) is 0 Å². The predicted molar refractivity (Wildman–Crippen MR) is 69.6 cm³/mol. The maximum Gasteiger partial charge on any atom is 0.387 e. The largest absolute Gasteiger partial charge is 0.466 e. The van der Waals surface area contributed by atoms with E-state index < -0.39 is 29.6 Å². The molecule has 0 spiro atoms. The molecule has 0 aliphatic heterocycles. The second kappa shape index (κ2) is 7.72. The topological polar surface area (TPSA) is 78.7 Å². The van der Waals surface area contributed by atoms with Crippen LogP contribution in [0.3, 0.4) is 0 Å². The molecule has 116 valence electrons. The molecule has 0 aliphatic carbocycles. The van der Waals surface area contributed by atoms with Gasteiger partial charge in [0.1, 0.15) is 5.75 Å². The van der Waals surface area contributed by atoms with Crippen molar-refractivity contribution >= 4 is 23.3 Å². The third-order valence-electron chi connectivity index (χ3n) is 2.46. The van der Waals surface area contributed by atoms with E-state index in [9.17, 15) is 23.7 Å². The van der Waals surface area contributed by atoms with Gasteiger partial charge in [-0.2, -0.15) is 8.78 Å². The van der Waals surface area contributed by atoms with Crippen molar-refractivity contribution in [3.63, 3.8) is 0 Å². The Bertz CT molecular complexity index is 539. The lowest BCUT2D eigenvalue weighted by molar-refractivity contribution is -0.385. The summed E-state index contributed by atoms with van der Waals surface area (Å²) in [6, 6.07) is 2.03. The molecule has 0 saturated carbocycles. The Morgan fingerprint density at radius 1 is 1.43 bits per heavy atom. The normalized spacial score (nSPS) is 10.5. The molecule has 0 N–H and O–H groups in total. The highest BCUT2D eigenvalue weighted by molar-refractivity contribution is 6.17. The van der Waals surface area contributed by atoms with E-state index in [1.807, 2.05) is 0 Å². The number of benzene rings is 1. The second-order valence-corrected chi connectivity index (χ2v) is 4.11. The number of carbonyl (C=O) groups is 1. The van der Waals surface area contributed by atoms with Crippen LogP contribution >= 0.6 is 11.6 Å². The first-order chi connectivity index (χ1) is 9.88. The van der Waals surface area contributed by atoms with Crippen molar-refractivity contribution in [3.05, 3.63) is 33.4 Å². The molecule has 0 heterocycles. The molecule has 6 nitrogen and oxygen atoms in total. The number of nitro benzene ring substituents is 1. The molecule has 0 aliphatic rings. The first-order valence-electron chi connectivity index (χ1n) is 5.85. The number of esters is 1. The Balaban J connectivity index is 3.24. The van der Waals surface area contributed by atoms with Gasteiger partial charge < -0.3 is 9.47 Å². The van der Waals surface area contributed by atoms with Crippen molar-refractivity contribution < 1.29 is 28.0 Å². The maximum atomic E-state index is 12.3. The zero-order valence-corrected chi connectivity index (χ0v) is 11.7. The molecule has 1 aromatic carbocycles. The molecule has 0 saturated heterocycles. The van der Waals surface area contributed by atoms with Crippen LogP contribution in [0.5, 0.6) is 5.75 Å². The van der Waals surface area contributed by atoms with Gasteiger partial charge >= 0.3 is 12.6 Å². The fourth-order valence-corrected chi connectivity index (χ4v) is 1.85. The Morgan fingerprint density at radius 3 is 2.57 bits per heavy atom. The van der Waals surface area contributed by atoms with Gasteiger partial charge in [0.15, 0.2) is 0 Å². The third-order valence-corrected chi connectivity index (χ3v) is 2.75. The zero-order chi connectivity index (χ0) is 16.0. The molecule has 0 aromatic heterocycles. The number of nitro groups is 1. The molecule has 0 bridgehead atoms. The van der Waals surface area contributed by atoms with Crippen molar-refractivity contribution in [2.75, 3.05) is 6.61 Å². The van der Waals surface area contributed by atoms with Crippen LogP contribution in [0.1, 0.15) is 18.1 Å². The summed E-state index contributed by atoms with van der Waals surface area (Å²) in [5, 5.41) is 11.0. The number of nitrogens with zero attached hydrogens (tertiary/aromatic N) is 1. The molecule has 0 fully saturated rings. The average molecular weight is 324 g/mol. The van der Waals surface area contributed by atoms with Gasteiger partial charge in [0.25, 0.3) is 5.69 Å². The minimum atomic E-state index is -3.11. The summed E-state index contributed by atoms with van der Waals surface area (Å²) in [4.78, 5) is 21.7. The van der Waals surface area contributed by atoms with Crippen LogP contribution in [0.4, 0.5) is 14.5 Å². The standard InChI is InChI=1S/C12H12ClF2NO5/c1-2-20-11(17)5-7-4-10(21-12(14)15)8(6-13)3-9(7)16(18)19/h3-4,12H,2,5-6H2,1H3. The SMILES string of the molecule is CCOC(=O)Cc1cc(OC(F)F)c(CCl)cc1[N+](=O)[O-]. The molecule has 9 heteroatoms. The molecule has 1 aromatic rings. The molecular weight excluding hydrogens is 312 g/mol. The van der Waals surface area contributed by atoms with E-state index in [0.717, 1.165) is 12.1 Å². The predicted octanol–water partition coefficient (Wildman–Crippen LogP) is 3.04. The quantitative estimate of drug-likeness (QED) is 0.333. The van der Waals surface area contributed by atoms with Gasteiger partial charge in [-0.25, -0.2) is 0 Å². The molecule has 0 atom stereocenters. The first-order valence-corrected chi connectivity index (χ1v) is 6.39. The Labute approximate surface area is 123 Å². The lowest BCUT2D eigenvalue weighted by Gasteiger charge is -2.11. The highest BCUT2D eigenvalue weighted by Crippen LogP contribution is 2.31.